The minimum Gasteiger partial charge on any atom is -0.497 e. The molecular formula is C17H19NO. The van der Waals surface area contributed by atoms with Crippen molar-refractivity contribution >= 4 is 0 Å². The largest absolute Gasteiger partial charge is 0.497 e. The van der Waals surface area contributed by atoms with Crippen LogP contribution in [0.3, 0.4) is 0 Å². The Morgan fingerprint density at radius 2 is 2.05 bits per heavy atom. The molecule has 0 fully saturated rings. The molecule has 2 aromatic rings. The molecule has 1 heterocycles. The zero-order valence-corrected chi connectivity index (χ0v) is 11.3. The topological polar surface area (TPSA) is 21.3 Å². The third-order valence-corrected chi connectivity index (χ3v) is 3.77. The Bertz CT molecular complexity index is 577. The molecule has 0 amide bonds. The summed E-state index contributed by atoms with van der Waals surface area (Å²) in [4.78, 5) is 0. The molecule has 0 unspecified atom stereocenters. The summed E-state index contributed by atoms with van der Waals surface area (Å²) >= 11 is 0. The number of hydrogen-bond donors (Lipinski definition) is 1. The van der Waals surface area contributed by atoms with Gasteiger partial charge < -0.3 is 10.1 Å². The quantitative estimate of drug-likeness (QED) is 0.908. The van der Waals surface area contributed by atoms with Gasteiger partial charge in [-0.15, -0.1) is 0 Å². The zero-order chi connectivity index (χ0) is 13.1. The Kier molecular flexibility index (Phi) is 3.51. The van der Waals surface area contributed by atoms with Crippen LogP contribution in [0.15, 0.2) is 42.5 Å². The van der Waals surface area contributed by atoms with E-state index in [1.165, 1.54) is 22.3 Å². The van der Waals surface area contributed by atoms with Crippen molar-refractivity contribution in [3.05, 3.63) is 64.7 Å². The number of benzene rings is 2. The second kappa shape index (κ2) is 5.45. The summed E-state index contributed by atoms with van der Waals surface area (Å²) in [7, 11) is 1.72. The molecule has 2 nitrogen and oxygen atoms in total. The molecule has 0 radical (unpaired) electrons. The van der Waals surface area contributed by atoms with Gasteiger partial charge in [0.25, 0.3) is 0 Å². The molecule has 0 aliphatic carbocycles. The highest BCUT2D eigenvalue weighted by atomic mass is 16.5. The van der Waals surface area contributed by atoms with Crippen LogP contribution in [-0.4, -0.2) is 13.7 Å². The van der Waals surface area contributed by atoms with Gasteiger partial charge >= 0.3 is 0 Å². The lowest BCUT2D eigenvalue weighted by Crippen LogP contribution is -2.24. The second-order valence-corrected chi connectivity index (χ2v) is 5.01. The van der Waals surface area contributed by atoms with Gasteiger partial charge in [0.05, 0.1) is 7.11 Å². The Hall–Kier alpha value is -1.80. The van der Waals surface area contributed by atoms with E-state index in [2.05, 4.69) is 41.7 Å². The minimum atomic E-state index is 0.934. The highest BCUT2D eigenvalue weighted by Crippen LogP contribution is 2.23. The molecule has 2 heteroatoms. The van der Waals surface area contributed by atoms with Crippen molar-refractivity contribution in [1.82, 2.24) is 5.32 Å². The van der Waals surface area contributed by atoms with E-state index in [9.17, 15) is 0 Å². The molecule has 0 aromatic heterocycles. The Labute approximate surface area is 114 Å². The molecule has 3 rings (SSSR count). The van der Waals surface area contributed by atoms with E-state index in [0.717, 1.165) is 31.7 Å². The van der Waals surface area contributed by atoms with Gasteiger partial charge in [-0.1, -0.05) is 30.3 Å². The Morgan fingerprint density at radius 3 is 2.95 bits per heavy atom. The molecule has 19 heavy (non-hydrogen) atoms. The fraction of sp³-hybridized carbons (Fsp3) is 0.294. The van der Waals surface area contributed by atoms with E-state index in [0.29, 0.717) is 0 Å². The molecule has 2 aromatic carbocycles. The smallest absolute Gasteiger partial charge is 0.119 e. The standard InChI is InChI=1S/C17H19NO/c1-19-16-7-2-4-13(11-16)10-14-5-3-6-15-12-18-9-8-17(14)15/h2-7,11,18H,8-10,12H2,1H3. The number of fused-ring (bicyclic) bond motifs is 1. The maximum atomic E-state index is 5.30. The van der Waals surface area contributed by atoms with Crippen LogP contribution >= 0.6 is 0 Å². The van der Waals surface area contributed by atoms with Crippen LogP contribution in [-0.2, 0) is 19.4 Å². The molecule has 98 valence electrons. The predicted octanol–water partition coefficient (Wildman–Crippen LogP) is 2.93. The van der Waals surface area contributed by atoms with Gasteiger partial charge in [-0.2, -0.15) is 0 Å². The fourth-order valence-electron chi connectivity index (χ4n) is 2.78. The van der Waals surface area contributed by atoms with Crippen LogP contribution in [0.1, 0.15) is 22.3 Å². The minimum absolute atomic E-state index is 0.934. The first-order chi connectivity index (χ1) is 9.36. The summed E-state index contributed by atoms with van der Waals surface area (Å²) in [5, 5.41) is 3.43. The van der Waals surface area contributed by atoms with Crippen molar-refractivity contribution < 1.29 is 4.74 Å². The summed E-state index contributed by atoms with van der Waals surface area (Å²) in [6.07, 6.45) is 2.12. The Morgan fingerprint density at radius 1 is 1.16 bits per heavy atom. The second-order valence-electron chi connectivity index (χ2n) is 5.01. The molecule has 1 N–H and O–H groups in total. The van der Waals surface area contributed by atoms with Crippen LogP contribution in [0.2, 0.25) is 0 Å². The lowest BCUT2D eigenvalue weighted by molar-refractivity contribution is 0.414. The van der Waals surface area contributed by atoms with E-state index >= 15 is 0 Å². The summed E-state index contributed by atoms with van der Waals surface area (Å²) in [6, 6.07) is 15.0. The highest BCUT2D eigenvalue weighted by Gasteiger charge is 2.12. The summed E-state index contributed by atoms with van der Waals surface area (Å²) in [5.74, 6) is 0.934. The van der Waals surface area contributed by atoms with Crippen LogP contribution in [0.25, 0.3) is 0 Å². The number of rotatable bonds is 3. The van der Waals surface area contributed by atoms with Crippen molar-refractivity contribution in [2.75, 3.05) is 13.7 Å². The van der Waals surface area contributed by atoms with E-state index < -0.39 is 0 Å². The van der Waals surface area contributed by atoms with Crippen LogP contribution in [0.4, 0.5) is 0 Å². The van der Waals surface area contributed by atoms with Crippen LogP contribution in [0, 0.1) is 0 Å². The molecule has 0 atom stereocenters. The first-order valence-electron chi connectivity index (χ1n) is 6.80. The third kappa shape index (κ3) is 2.64. The third-order valence-electron chi connectivity index (χ3n) is 3.77. The molecule has 1 aliphatic heterocycles. The maximum absolute atomic E-state index is 5.30. The lowest BCUT2D eigenvalue weighted by Gasteiger charge is -2.20. The van der Waals surface area contributed by atoms with Gasteiger partial charge in [-0.05, 0) is 53.8 Å². The normalized spacial score (nSPS) is 13.9. The van der Waals surface area contributed by atoms with Crippen molar-refractivity contribution in [1.29, 1.82) is 0 Å². The van der Waals surface area contributed by atoms with Gasteiger partial charge in [0, 0.05) is 6.54 Å². The number of ether oxygens (including phenoxy) is 1. The average Bonchev–Trinajstić information content (AvgIpc) is 2.48. The van der Waals surface area contributed by atoms with Crippen LogP contribution < -0.4 is 10.1 Å². The molecule has 1 aliphatic rings. The summed E-state index contributed by atoms with van der Waals surface area (Å²) in [6.45, 7) is 2.09. The molecule has 0 saturated carbocycles. The summed E-state index contributed by atoms with van der Waals surface area (Å²) < 4.78 is 5.30. The van der Waals surface area contributed by atoms with Crippen molar-refractivity contribution in [2.45, 2.75) is 19.4 Å². The van der Waals surface area contributed by atoms with Gasteiger partial charge in [-0.3, -0.25) is 0 Å². The number of methoxy groups -OCH3 is 1. The van der Waals surface area contributed by atoms with E-state index in [1.807, 2.05) is 6.07 Å². The molecule has 0 saturated heterocycles. The monoisotopic (exact) mass is 253 g/mol. The first kappa shape index (κ1) is 12.2. The van der Waals surface area contributed by atoms with E-state index in [4.69, 9.17) is 4.74 Å². The van der Waals surface area contributed by atoms with Gasteiger partial charge in [0.2, 0.25) is 0 Å². The fourth-order valence-corrected chi connectivity index (χ4v) is 2.78. The van der Waals surface area contributed by atoms with Gasteiger partial charge in [0.1, 0.15) is 5.75 Å². The summed E-state index contributed by atoms with van der Waals surface area (Å²) in [5.41, 5.74) is 5.74. The Balaban J connectivity index is 1.90. The average molecular weight is 253 g/mol. The van der Waals surface area contributed by atoms with Gasteiger partial charge in [-0.25, -0.2) is 0 Å². The molecule has 0 spiro atoms. The van der Waals surface area contributed by atoms with Crippen molar-refractivity contribution in [3.8, 4) is 5.75 Å². The SMILES string of the molecule is COc1cccc(Cc2cccc3c2CCNC3)c1. The zero-order valence-electron chi connectivity index (χ0n) is 11.3. The van der Waals surface area contributed by atoms with Gasteiger partial charge in [0.15, 0.2) is 0 Å². The maximum Gasteiger partial charge on any atom is 0.119 e. The van der Waals surface area contributed by atoms with Crippen molar-refractivity contribution in [3.63, 3.8) is 0 Å². The molecular weight excluding hydrogens is 234 g/mol. The number of hydrogen-bond acceptors (Lipinski definition) is 2. The highest BCUT2D eigenvalue weighted by molar-refractivity contribution is 5.41. The van der Waals surface area contributed by atoms with Crippen molar-refractivity contribution in [2.24, 2.45) is 0 Å². The molecule has 0 bridgehead atoms. The van der Waals surface area contributed by atoms with E-state index in [-0.39, 0.29) is 0 Å². The predicted molar refractivity (Wildman–Crippen MR) is 77.7 cm³/mol. The number of nitrogens with one attached hydrogen (secondary N) is 1. The lowest BCUT2D eigenvalue weighted by atomic mass is 9.92. The first-order valence-corrected chi connectivity index (χ1v) is 6.80. The van der Waals surface area contributed by atoms with Crippen LogP contribution in [0.5, 0.6) is 5.75 Å². The van der Waals surface area contributed by atoms with E-state index in [1.54, 1.807) is 7.11 Å².